The minimum absolute atomic E-state index is 0.127. The summed E-state index contributed by atoms with van der Waals surface area (Å²) >= 11 is 1.34. The molecule has 1 aromatic heterocycles. The van der Waals surface area contributed by atoms with Crippen molar-refractivity contribution in [1.29, 1.82) is 0 Å². The van der Waals surface area contributed by atoms with E-state index in [0.717, 1.165) is 23.8 Å². The predicted octanol–water partition coefficient (Wildman–Crippen LogP) is 2.31. The van der Waals surface area contributed by atoms with E-state index in [9.17, 15) is 15.0 Å². The largest absolute Gasteiger partial charge is 0.504 e. The number of carbonyl (C=O) groups excluding carboxylic acids is 1. The van der Waals surface area contributed by atoms with E-state index in [1.807, 2.05) is 6.92 Å². The van der Waals surface area contributed by atoms with Crippen LogP contribution in [0.4, 0.5) is 0 Å². The molecular formula is C14H15N3O3S. The topological polar surface area (TPSA) is 88.2 Å². The lowest BCUT2D eigenvalue weighted by molar-refractivity contribution is 0.102. The molecule has 1 heterocycles. The van der Waals surface area contributed by atoms with Crippen molar-refractivity contribution in [2.45, 2.75) is 31.0 Å². The van der Waals surface area contributed by atoms with Gasteiger partial charge in [-0.1, -0.05) is 11.8 Å². The first-order valence-electron chi connectivity index (χ1n) is 6.65. The fraction of sp³-hybridized carbons (Fsp3) is 0.357. The van der Waals surface area contributed by atoms with Crippen LogP contribution in [-0.4, -0.2) is 36.5 Å². The summed E-state index contributed by atoms with van der Waals surface area (Å²) in [5.41, 5.74) is 0.368. The second kappa shape index (κ2) is 5.40. The molecule has 0 spiro atoms. The fourth-order valence-corrected chi connectivity index (χ4v) is 3.06. The number of aromatic nitrogens is 3. The predicted molar refractivity (Wildman–Crippen MR) is 77.9 cm³/mol. The van der Waals surface area contributed by atoms with Crippen molar-refractivity contribution >= 4 is 17.5 Å². The highest BCUT2D eigenvalue weighted by Crippen LogP contribution is 2.38. The summed E-state index contributed by atoms with van der Waals surface area (Å²) in [6.45, 7) is 1.91. The van der Waals surface area contributed by atoms with E-state index in [1.165, 1.54) is 30.0 Å². The van der Waals surface area contributed by atoms with Crippen LogP contribution >= 0.6 is 11.8 Å². The first-order chi connectivity index (χ1) is 10.1. The standard InChI is InChI=1S/C14H15N3O3S/c1-8-15-16-14(17(8)10-3-4-10)21-7-13(20)9-2-5-11(18)12(19)6-9/h2,5-6,10,18-19H,3-4,7H2,1H3. The molecule has 1 fully saturated rings. The maximum atomic E-state index is 12.1. The van der Waals surface area contributed by atoms with Gasteiger partial charge >= 0.3 is 0 Å². The van der Waals surface area contributed by atoms with Crippen molar-refractivity contribution in [2.24, 2.45) is 0 Å². The van der Waals surface area contributed by atoms with E-state index < -0.39 is 0 Å². The van der Waals surface area contributed by atoms with E-state index in [0.29, 0.717) is 11.6 Å². The Morgan fingerprint density at radius 1 is 1.33 bits per heavy atom. The minimum Gasteiger partial charge on any atom is -0.504 e. The Balaban J connectivity index is 1.70. The molecule has 2 aromatic rings. The van der Waals surface area contributed by atoms with Gasteiger partial charge in [0, 0.05) is 11.6 Å². The van der Waals surface area contributed by atoms with Gasteiger partial charge in [-0.25, -0.2) is 0 Å². The van der Waals surface area contributed by atoms with Crippen LogP contribution in [0.15, 0.2) is 23.4 Å². The molecule has 0 radical (unpaired) electrons. The molecule has 1 saturated carbocycles. The monoisotopic (exact) mass is 305 g/mol. The van der Waals surface area contributed by atoms with Gasteiger partial charge in [-0.2, -0.15) is 0 Å². The number of phenolic OH excluding ortho intramolecular Hbond substituents is 2. The van der Waals surface area contributed by atoms with E-state index in [-0.39, 0.29) is 23.0 Å². The molecule has 0 amide bonds. The zero-order valence-corrected chi connectivity index (χ0v) is 12.3. The van der Waals surface area contributed by atoms with Crippen LogP contribution in [0.3, 0.4) is 0 Å². The Morgan fingerprint density at radius 2 is 2.10 bits per heavy atom. The number of thioether (sulfide) groups is 1. The number of nitrogens with zero attached hydrogens (tertiary/aromatic N) is 3. The number of aryl methyl sites for hydroxylation is 1. The molecule has 3 rings (SSSR count). The number of carbonyl (C=O) groups is 1. The van der Waals surface area contributed by atoms with E-state index in [4.69, 9.17) is 0 Å². The highest BCUT2D eigenvalue weighted by Gasteiger charge is 2.28. The van der Waals surface area contributed by atoms with E-state index in [2.05, 4.69) is 14.8 Å². The normalized spacial score (nSPS) is 14.3. The number of aromatic hydroxyl groups is 2. The van der Waals surface area contributed by atoms with Crippen molar-refractivity contribution in [3.63, 3.8) is 0 Å². The average molecular weight is 305 g/mol. The zero-order valence-electron chi connectivity index (χ0n) is 11.5. The van der Waals surface area contributed by atoms with Crippen LogP contribution in [0.5, 0.6) is 11.5 Å². The van der Waals surface area contributed by atoms with Crippen molar-refractivity contribution in [3.8, 4) is 11.5 Å². The van der Waals surface area contributed by atoms with Gasteiger partial charge in [0.05, 0.1) is 5.75 Å². The third kappa shape index (κ3) is 2.87. The molecule has 0 bridgehead atoms. The van der Waals surface area contributed by atoms with Crippen molar-refractivity contribution in [3.05, 3.63) is 29.6 Å². The molecule has 7 heteroatoms. The maximum Gasteiger partial charge on any atom is 0.191 e. The van der Waals surface area contributed by atoms with Crippen LogP contribution < -0.4 is 0 Å². The molecule has 110 valence electrons. The Kier molecular flexibility index (Phi) is 3.59. The van der Waals surface area contributed by atoms with Crippen LogP contribution in [0, 0.1) is 6.92 Å². The Morgan fingerprint density at radius 3 is 2.76 bits per heavy atom. The van der Waals surface area contributed by atoms with Crippen molar-refractivity contribution < 1.29 is 15.0 Å². The molecule has 6 nitrogen and oxygen atoms in total. The number of hydrogen-bond acceptors (Lipinski definition) is 6. The zero-order chi connectivity index (χ0) is 15.0. The molecule has 1 aliphatic rings. The summed E-state index contributed by atoms with van der Waals surface area (Å²) in [6.07, 6.45) is 2.26. The fourth-order valence-electron chi connectivity index (χ4n) is 2.11. The molecule has 21 heavy (non-hydrogen) atoms. The number of Topliss-reactive ketones (excluding diaryl/α,β-unsaturated/α-hetero) is 1. The van der Waals surface area contributed by atoms with Gasteiger partial charge in [0.15, 0.2) is 22.4 Å². The molecule has 2 N–H and O–H groups in total. The number of benzene rings is 1. The van der Waals surface area contributed by atoms with Crippen LogP contribution in [-0.2, 0) is 0 Å². The Labute approximate surface area is 125 Å². The lowest BCUT2D eigenvalue weighted by Crippen LogP contribution is -2.05. The molecule has 0 saturated heterocycles. The molecule has 0 aliphatic heterocycles. The summed E-state index contributed by atoms with van der Waals surface area (Å²) < 4.78 is 2.08. The summed E-state index contributed by atoms with van der Waals surface area (Å²) in [4.78, 5) is 12.1. The lowest BCUT2D eigenvalue weighted by atomic mass is 10.1. The SMILES string of the molecule is Cc1nnc(SCC(=O)c2ccc(O)c(O)c2)n1C1CC1. The minimum atomic E-state index is -0.289. The Hall–Kier alpha value is -2.02. The third-order valence-electron chi connectivity index (χ3n) is 3.38. The van der Waals surface area contributed by atoms with Gasteiger partial charge in [-0.05, 0) is 38.0 Å². The first-order valence-corrected chi connectivity index (χ1v) is 7.64. The molecule has 1 aromatic carbocycles. The second-order valence-corrected chi connectivity index (χ2v) is 5.99. The Bertz CT molecular complexity index is 695. The van der Waals surface area contributed by atoms with Crippen molar-refractivity contribution in [1.82, 2.24) is 14.8 Å². The summed E-state index contributed by atoms with van der Waals surface area (Å²) in [6, 6.07) is 4.55. The summed E-state index contributed by atoms with van der Waals surface area (Å²) in [7, 11) is 0. The molecular weight excluding hydrogens is 290 g/mol. The van der Waals surface area contributed by atoms with Gasteiger partial charge in [0.25, 0.3) is 0 Å². The molecule has 0 atom stereocenters. The van der Waals surface area contributed by atoms with Gasteiger partial charge < -0.3 is 14.8 Å². The van der Waals surface area contributed by atoms with Crippen LogP contribution in [0.25, 0.3) is 0 Å². The van der Waals surface area contributed by atoms with Crippen LogP contribution in [0.2, 0.25) is 0 Å². The second-order valence-electron chi connectivity index (χ2n) is 5.05. The number of rotatable bonds is 5. The van der Waals surface area contributed by atoms with E-state index >= 15 is 0 Å². The molecule has 1 aliphatic carbocycles. The van der Waals surface area contributed by atoms with Gasteiger partial charge in [-0.15, -0.1) is 10.2 Å². The van der Waals surface area contributed by atoms with Gasteiger partial charge in [0.1, 0.15) is 5.82 Å². The average Bonchev–Trinajstić information content (AvgIpc) is 3.23. The highest BCUT2D eigenvalue weighted by atomic mass is 32.2. The quantitative estimate of drug-likeness (QED) is 0.500. The van der Waals surface area contributed by atoms with Gasteiger partial charge in [-0.3, -0.25) is 4.79 Å². The third-order valence-corrected chi connectivity index (χ3v) is 4.32. The van der Waals surface area contributed by atoms with Crippen LogP contribution in [0.1, 0.15) is 35.1 Å². The maximum absolute atomic E-state index is 12.1. The highest BCUT2D eigenvalue weighted by molar-refractivity contribution is 7.99. The lowest BCUT2D eigenvalue weighted by Gasteiger charge is -2.06. The number of hydrogen-bond donors (Lipinski definition) is 2. The smallest absolute Gasteiger partial charge is 0.191 e. The number of phenols is 2. The molecule has 0 unspecified atom stereocenters. The summed E-state index contributed by atoms with van der Waals surface area (Å²) in [5.74, 6) is 0.439. The van der Waals surface area contributed by atoms with E-state index in [1.54, 1.807) is 0 Å². The van der Waals surface area contributed by atoms with Crippen molar-refractivity contribution in [2.75, 3.05) is 5.75 Å². The first kappa shape index (κ1) is 13.9. The van der Waals surface area contributed by atoms with Gasteiger partial charge in [0.2, 0.25) is 0 Å². The number of ketones is 1. The summed E-state index contributed by atoms with van der Waals surface area (Å²) in [5, 5.41) is 27.6.